The van der Waals surface area contributed by atoms with Crippen LogP contribution in [0.4, 0.5) is 0 Å². The molecule has 0 aliphatic carbocycles. The van der Waals surface area contributed by atoms with E-state index in [1.54, 1.807) is 9.25 Å². The minimum Gasteiger partial charge on any atom is -0.506 e. The first-order valence-corrected chi connectivity index (χ1v) is 10.4. The van der Waals surface area contributed by atoms with Gasteiger partial charge in [-0.3, -0.25) is 9.36 Å². The smallest absolute Gasteiger partial charge is 0.268 e. The van der Waals surface area contributed by atoms with Crippen LogP contribution in [-0.2, 0) is 0 Å². The third-order valence-corrected chi connectivity index (χ3v) is 5.40. The van der Waals surface area contributed by atoms with E-state index >= 15 is 0 Å². The van der Waals surface area contributed by atoms with Crippen molar-refractivity contribution in [1.29, 1.82) is 0 Å². The van der Waals surface area contributed by atoms with Crippen LogP contribution in [-0.4, -0.2) is 19.5 Å². The molecule has 0 unspecified atom stereocenters. The van der Waals surface area contributed by atoms with Gasteiger partial charge in [0, 0.05) is 11.1 Å². The minimum absolute atomic E-state index is 0.0671. The number of pyridine rings is 1. The highest BCUT2D eigenvalue weighted by Gasteiger charge is 2.22. The normalized spacial score (nSPS) is 11.4. The van der Waals surface area contributed by atoms with Crippen molar-refractivity contribution in [3.8, 4) is 28.4 Å². The van der Waals surface area contributed by atoms with Gasteiger partial charge in [0.05, 0.1) is 16.9 Å². The Morgan fingerprint density at radius 1 is 0.844 bits per heavy atom. The maximum atomic E-state index is 13.8. The Kier molecular flexibility index (Phi) is 4.92. The Balaban J connectivity index is 1.84. The zero-order valence-electron chi connectivity index (χ0n) is 17.5. The van der Waals surface area contributed by atoms with E-state index in [0.29, 0.717) is 16.6 Å². The zero-order valence-corrected chi connectivity index (χ0v) is 17.5. The first-order valence-electron chi connectivity index (χ1n) is 10.4. The van der Waals surface area contributed by atoms with Crippen molar-refractivity contribution in [3.63, 3.8) is 0 Å². The number of aromatic nitrogens is 3. The molecule has 0 bridgehead atoms. The lowest BCUT2D eigenvalue weighted by atomic mass is 10.1. The Bertz CT molecular complexity index is 1500. The van der Waals surface area contributed by atoms with Crippen molar-refractivity contribution in [3.05, 3.63) is 113 Å². The van der Waals surface area contributed by atoms with E-state index in [0.717, 1.165) is 17.1 Å². The molecule has 5 heteroatoms. The molecule has 0 radical (unpaired) electrons. The fourth-order valence-electron chi connectivity index (χ4n) is 3.97. The summed E-state index contributed by atoms with van der Waals surface area (Å²) in [4.78, 5) is 13.8. The number of hydrogen-bond donors (Lipinski definition) is 1. The first-order chi connectivity index (χ1) is 15.7. The Hall–Kier alpha value is -4.38. The molecule has 0 saturated heterocycles. The summed E-state index contributed by atoms with van der Waals surface area (Å²) in [6.07, 6.45) is 3.85. The fourth-order valence-corrected chi connectivity index (χ4v) is 3.97. The summed E-state index contributed by atoms with van der Waals surface area (Å²) >= 11 is 0. The maximum absolute atomic E-state index is 13.8. The molecule has 0 amide bonds. The molecule has 5 rings (SSSR count). The quantitative estimate of drug-likeness (QED) is 0.414. The third-order valence-electron chi connectivity index (χ3n) is 5.40. The van der Waals surface area contributed by atoms with Crippen LogP contribution in [0.3, 0.4) is 0 Å². The summed E-state index contributed by atoms with van der Waals surface area (Å²) in [6.45, 7) is 1.93. The average Bonchev–Trinajstić information content (AvgIpc) is 3.24. The molecule has 0 saturated carbocycles. The van der Waals surface area contributed by atoms with Gasteiger partial charge in [-0.25, -0.2) is 4.68 Å². The molecular weight excluding hydrogens is 398 g/mol. The highest BCUT2D eigenvalue weighted by molar-refractivity contribution is 5.92. The van der Waals surface area contributed by atoms with Gasteiger partial charge in [-0.1, -0.05) is 54.6 Å². The molecular formula is C27H21N3O2. The second-order valence-corrected chi connectivity index (χ2v) is 7.42. The number of nitrogens with zero attached hydrogens (tertiary/aromatic N) is 3. The molecule has 32 heavy (non-hydrogen) atoms. The summed E-state index contributed by atoms with van der Waals surface area (Å²) in [5.41, 5.74) is 3.32. The number of hydrogen-bond acceptors (Lipinski definition) is 3. The first kappa shape index (κ1) is 19.6. The molecule has 2 aromatic heterocycles. The largest absolute Gasteiger partial charge is 0.506 e. The summed E-state index contributed by atoms with van der Waals surface area (Å²) in [5.74, 6) is -0.0671. The summed E-state index contributed by atoms with van der Waals surface area (Å²) in [6, 6.07) is 28.3. The van der Waals surface area contributed by atoms with Crippen molar-refractivity contribution in [2.24, 2.45) is 0 Å². The Morgan fingerprint density at radius 2 is 1.47 bits per heavy atom. The molecule has 2 heterocycles. The van der Waals surface area contributed by atoms with E-state index in [1.807, 2.05) is 110 Å². The predicted molar refractivity (Wildman–Crippen MR) is 128 cm³/mol. The van der Waals surface area contributed by atoms with Crippen molar-refractivity contribution in [1.82, 2.24) is 14.3 Å². The van der Waals surface area contributed by atoms with Gasteiger partial charge in [-0.05, 0) is 55.5 Å². The van der Waals surface area contributed by atoms with Gasteiger partial charge in [0.15, 0.2) is 0 Å². The number of aromatic hydroxyl groups is 1. The van der Waals surface area contributed by atoms with Crippen molar-refractivity contribution in [2.45, 2.75) is 6.92 Å². The predicted octanol–water partition coefficient (Wildman–Crippen LogP) is 5.58. The van der Waals surface area contributed by atoms with Crippen LogP contribution in [0.1, 0.15) is 12.6 Å². The molecule has 5 aromatic rings. The lowest BCUT2D eigenvalue weighted by Crippen LogP contribution is -2.21. The van der Waals surface area contributed by atoms with Crippen LogP contribution in [0, 0.1) is 0 Å². The van der Waals surface area contributed by atoms with Crippen LogP contribution in [0.15, 0.2) is 102 Å². The maximum Gasteiger partial charge on any atom is 0.268 e. The molecule has 3 aromatic carbocycles. The summed E-state index contributed by atoms with van der Waals surface area (Å²) in [5, 5.41) is 16.5. The monoisotopic (exact) mass is 419 g/mol. The van der Waals surface area contributed by atoms with Gasteiger partial charge in [-0.2, -0.15) is 5.10 Å². The number of para-hydroxylation sites is 3. The number of fused-ring (bicyclic) bond motifs is 1. The molecule has 0 fully saturated rings. The fraction of sp³-hybridized carbons (Fsp3) is 0.0370. The SMILES string of the molecule is C/C=C/c1cc(-c2c(O)c3ccccc3n(-c3ccccc3)c2=O)nn1-c1ccccc1. The number of rotatable bonds is 4. The third kappa shape index (κ3) is 3.20. The van der Waals surface area contributed by atoms with Gasteiger partial charge < -0.3 is 5.11 Å². The van der Waals surface area contributed by atoms with Gasteiger partial charge in [0.2, 0.25) is 0 Å². The van der Waals surface area contributed by atoms with Gasteiger partial charge in [-0.15, -0.1) is 0 Å². The van der Waals surface area contributed by atoms with Gasteiger partial charge in [0.25, 0.3) is 5.56 Å². The molecule has 0 aliphatic rings. The molecule has 1 N–H and O–H groups in total. The van der Waals surface area contributed by atoms with E-state index in [9.17, 15) is 9.90 Å². The number of benzene rings is 3. The average molecular weight is 419 g/mol. The topological polar surface area (TPSA) is 60.1 Å². The zero-order chi connectivity index (χ0) is 22.1. The van der Waals surface area contributed by atoms with Crippen LogP contribution in [0.5, 0.6) is 5.75 Å². The molecule has 156 valence electrons. The molecule has 0 atom stereocenters. The number of allylic oxidation sites excluding steroid dienone is 1. The van der Waals surface area contributed by atoms with Crippen LogP contribution >= 0.6 is 0 Å². The van der Waals surface area contributed by atoms with Gasteiger partial charge in [0.1, 0.15) is 17.0 Å². The van der Waals surface area contributed by atoms with Crippen molar-refractivity contribution < 1.29 is 5.11 Å². The Morgan fingerprint density at radius 3 is 2.16 bits per heavy atom. The summed E-state index contributed by atoms with van der Waals surface area (Å²) < 4.78 is 3.40. The van der Waals surface area contributed by atoms with Crippen LogP contribution < -0.4 is 5.56 Å². The van der Waals surface area contributed by atoms with E-state index in [2.05, 4.69) is 0 Å². The van der Waals surface area contributed by atoms with Crippen LogP contribution in [0.25, 0.3) is 39.6 Å². The van der Waals surface area contributed by atoms with E-state index in [-0.39, 0.29) is 16.9 Å². The van der Waals surface area contributed by atoms with E-state index in [4.69, 9.17) is 5.10 Å². The second kappa shape index (κ2) is 8.04. The van der Waals surface area contributed by atoms with Crippen molar-refractivity contribution in [2.75, 3.05) is 0 Å². The highest BCUT2D eigenvalue weighted by atomic mass is 16.3. The molecule has 5 nitrogen and oxygen atoms in total. The molecule has 0 aliphatic heterocycles. The van der Waals surface area contributed by atoms with Gasteiger partial charge >= 0.3 is 0 Å². The molecule has 0 spiro atoms. The lowest BCUT2D eigenvalue weighted by Gasteiger charge is -2.14. The van der Waals surface area contributed by atoms with E-state index < -0.39 is 0 Å². The standard InChI is InChI=1S/C27H21N3O2/c1-2-11-21-18-23(28-30(21)20-14-7-4-8-15-20)25-26(31)22-16-9-10-17-24(22)29(27(25)32)19-12-5-3-6-13-19/h2-18,31H,1H3/b11-2+. The summed E-state index contributed by atoms with van der Waals surface area (Å²) in [7, 11) is 0. The minimum atomic E-state index is -0.322. The van der Waals surface area contributed by atoms with E-state index in [1.165, 1.54) is 0 Å². The van der Waals surface area contributed by atoms with Crippen molar-refractivity contribution >= 4 is 17.0 Å². The second-order valence-electron chi connectivity index (χ2n) is 7.42. The Labute approximate surface area is 185 Å². The highest BCUT2D eigenvalue weighted by Crippen LogP contribution is 2.34. The van der Waals surface area contributed by atoms with Crippen LogP contribution in [0.2, 0.25) is 0 Å². The lowest BCUT2D eigenvalue weighted by molar-refractivity contribution is 0.482.